The zero-order valence-electron chi connectivity index (χ0n) is 20.4. The van der Waals surface area contributed by atoms with Crippen molar-refractivity contribution in [3.05, 3.63) is 71.8 Å². The molecule has 182 valence electrons. The Bertz CT molecular complexity index is 903. The molecule has 0 bridgehead atoms. The summed E-state index contributed by atoms with van der Waals surface area (Å²) < 4.78 is 5.42. The Morgan fingerprint density at radius 2 is 1.71 bits per heavy atom. The number of likely N-dealkylation sites (tertiary alicyclic amines) is 1. The summed E-state index contributed by atoms with van der Waals surface area (Å²) in [7, 11) is 0. The van der Waals surface area contributed by atoms with Crippen molar-refractivity contribution in [3.8, 4) is 5.75 Å². The van der Waals surface area contributed by atoms with Crippen LogP contribution in [0.25, 0.3) is 6.08 Å². The van der Waals surface area contributed by atoms with Crippen LogP contribution in [0.5, 0.6) is 5.75 Å². The van der Waals surface area contributed by atoms with E-state index in [4.69, 9.17) is 4.74 Å². The third kappa shape index (κ3) is 9.14. The first kappa shape index (κ1) is 25.7. The van der Waals surface area contributed by atoms with Gasteiger partial charge >= 0.3 is 0 Å². The van der Waals surface area contributed by atoms with E-state index in [1.165, 1.54) is 18.4 Å². The van der Waals surface area contributed by atoms with Gasteiger partial charge in [-0.15, -0.1) is 0 Å². The molecule has 3 rings (SSSR count). The van der Waals surface area contributed by atoms with Gasteiger partial charge in [0.2, 0.25) is 5.91 Å². The largest absolute Gasteiger partial charge is 0.494 e. The van der Waals surface area contributed by atoms with Crippen molar-refractivity contribution in [2.75, 3.05) is 26.2 Å². The predicted octanol–water partition coefficient (Wildman–Crippen LogP) is 5.51. The van der Waals surface area contributed by atoms with Gasteiger partial charge in [0.15, 0.2) is 5.78 Å². The van der Waals surface area contributed by atoms with E-state index in [1.807, 2.05) is 49.4 Å². The normalized spacial score (nSPS) is 14.9. The lowest BCUT2D eigenvalue weighted by Gasteiger charge is -2.23. The van der Waals surface area contributed by atoms with Gasteiger partial charge in [0.1, 0.15) is 5.75 Å². The maximum Gasteiger partial charge on any atom is 0.220 e. The highest BCUT2D eigenvalue weighted by Gasteiger charge is 2.18. The SMILES string of the molecule is CCOc1ccc(C(=O)CCCCC(=O)NC(CC=Cc2ccccc2)CN2CCCC2)cc1. The number of nitrogens with one attached hydrogen (secondary N) is 1. The standard InChI is InChI=1S/C29H38N2O3/c1-2-34-27-19-17-25(18-20-27)28(32)15-6-7-16-29(33)30-26(23-31-21-8-9-22-31)14-10-13-24-11-4-3-5-12-24/h3-5,10-13,17-20,26H,2,6-9,14-16,21-23H2,1H3,(H,30,33). The molecule has 1 fully saturated rings. The number of ketones is 1. The fourth-order valence-electron chi connectivity index (χ4n) is 4.31. The van der Waals surface area contributed by atoms with Gasteiger partial charge in [-0.1, -0.05) is 42.5 Å². The number of benzene rings is 2. The van der Waals surface area contributed by atoms with Crippen molar-refractivity contribution in [3.63, 3.8) is 0 Å². The molecule has 1 saturated heterocycles. The number of Topliss-reactive ketones (excluding diaryl/α,β-unsaturated/α-hetero) is 1. The number of unbranched alkanes of at least 4 members (excludes halogenated alkanes) is 1. The van der Waals surface area contributed by atoms with Gasteiger partial charge in [0.25, 0.3) is 0 Å². The lowest BCUT2D eigenvalue weighted by atomic mass is 10.0. The highest BCUT2D eigenvalue weighted by molar-refractivity contribution is 5.96. The molecule has 1 atom stereocenters. The molecule has 1 heterocycles. The summed E-state index contributed by atoms with van der Waals surface area (Å²) in [6.45, 7) is 5.66. The average molecular weight is 463 g/mol. The number of rotatable bonds is 14. The summed E-state index contributed by atoms with van der Waals surface area (Å²) in [6, 6.07) is 17.6. The van der Waals surface area contributed by atoms with Crippen LogP contribution < -0.4 is 10.1 Å². The Hall–Kier alpha value is -2.92. The summed E-state index contributed by atoms with van der Waals surface area (Å²) in [5.74, 6) is 0.963. The average Bonchev–Trinajstić information content (AvgIpc) is 3.36. The maximum atomic E-state index is 12.6. The van der Waals surface area contributed by atoms with Crippen LogP contribution in [0.15, 0.2) is 60.7 Å². The molecule has 2 aromatic rings. The van der Waals surface area contributed by atoms with E-state index >= 15 is 0 Å². The van der Waals surface area contributed by atoms with Crippen molar-refractivity contribution in [2.45, 2.75) is 57.9 Å². The third-order valence-electron chi connectivity index (χ3n) is 6.12. The van der Waals surface area contributed by atoms with E-state index < -0.39 is 0 Å². The number of nitrogens with zero attached hydrogens (tertiary/aromatic N) is 1. The molecule has 34 heavy (non-hydrogen) atoms. The van der Waals surface area contributed by atoms with Gasteiger partial charge in [0.05, 0.1) is 6.61 Å². The summed E-state index contributed by atoms with van der Waals surface area (Å²) in [5, 5.41) is 3.24. The zero-order valence-corrected chi connectivity index (χ0v) is 20.4. The Labute approximate surface area is 204 Å². The smallest absolute Gasteiger partial charge is 0.220 e. The molecule has 5 heteroatoms. The van der Waals surface area contributed by atoms with E-state index in [-0.39, 0.29) is 17.7 Å². The fourth-order valence-corrected chi connectivity index (χ4v) is 4.31. The quantitative estimate of drug-likeness (QED) is 0.297. The molecule has 1 amide bonds. The van der Waals surface area contributed by atoms with Crippen LogP contribution in [-0.4, -0.2) is 48.9 Å². The lowest BCUT2D eigenvalue weighted by Crippen LogP contribution is -2.42. The number of ether oxygens (including phenoxy) is 1. The van der Waals surface area contributed by atoms with E-state index in [1.54, 1.807) is 0 Å². The van der Waals surface area contributed by atoms with Crippen molar-refractivity contribution < 1.29 is 14.3 Å². The number of hydrogen-bond acceptors (Lipinski definition) is 4. The molecule has 0 radical (unpaired) electrons. The molecule has 5 nitrogen and oxygen atoms in total. The van der Waals surface area contributed by atoms with E-state index in [0.717, 1.165) is 31.8 Å². The second-order valence-electron chi connectivity index (χ2n) is 8.91. The van der Waals surface area contributed by atoms with Crippen molar-refractivity contribution in [1.29, 1.82) is 0 Å². The van der Waals surface area contributed by atoms with Crippen molar-refractivity contribution in [1.82, 2.24) is 10.2 Å². The summed E-state index contributed by atoms with van der Waals surface area (Å²) in [6.07, 6.45) is 9.91. The van der Waals surface area contributed by atoms with Crippen LogP contribution in [0.2, 0.25) is 0 Å². The van der Waals surface area contributed by atoms with Gasteiger partial charge in [0, 0.05) is 31.0 Å². The Morgan fingerprint density at radius 1 is 1.00 bits per heavy atom. The topological polar surface area (TPSA) is 58.6 Å². The maximum absolute atomic E-state index is 12.6. The second-order valence-corrected chi connectivity index (χ2v) is 8.91. The van der Waals surface area contributed by atoms with Crippen LogP contribution >= 0.6 is 0 Å². The minimum Gasteiger partial charge on any atom is -0.494 e. The van der Waals surface area contributed by atoms with Crippen LogP contribution in [0.1, 0.15) is 67.8 Å². The van der Waals surface area contributed by atoms with Crippen LogP contribution in [0.4, 0.5) is 0 Å². The first-order valence-electron chi connectivity index (χ1n) is 12.6. The highest BCUT2D eigenvalue weighted by Crippen LogP contribution is 2.15. The van der Waals surface area contributed by atoms with Gasteiger partial charge < -0.3 is 15.0 Å². The van der Waals surface area contributed by atoms with E-state index in [2.05, 4.69) is 34.5 Å². The predicted molar refractivity (Wildman–Crippen MR) is 138 cm³/mol. The molecule has 0 saturated carbocycles. The number of amides is 1. The molecular formula is C29H38N2O3. The number of hydrogen-bond donors (Lipinski definition) is 1. The number of carbonyl (C=O) groups excluding carboxylic acids is 2. The molecule has 1 unspecified atom stereocenters. The van der Waals surface area contributed by atoms with Crippen molar-refractivity contribution >= 4 is 17.8 Å². The Morgan fingerprint density at radius 3 is 2.41 bits per heavy atom. The molecule has 0 spiro atoms. The Balaban J connectivity index is 1.41. The van der Waals surface area contributed by atoms with Crippen LogP contribution in [-0.2, 0) is 4.79 Å². The minimum absolute atomic E-state index is 0.0748. The van der Waals surface area contributed by atoms with Crippen molar-refractivity contribution in [2.24, 2.45) is 0 Å². The van der Waals surface area contributed by atoms with E-state index in [9.17, 15) is 9.59 Å². The van der Waals surface area contributed by atoms with Gasteiger partial charge in [-0.3, -0.25) is 9.59 Å². The van der Waals surface area contributed by atoms with Gasteiger partial charge in [-0.05, 0) is 81.9 Å². The second kappa shape index (κ2) is 14.4. The molecule has 0 aromatic heterocycles. The van der Waals surface area contributed by atoms with Gasteiger partial charge in [-0.25, -0.2) is 0 Å². The first-order valence-corrected chi connectivity index (χ1v) is 12.6. The highest BCUT2D eigenvalue weighted by atomic mass is 16.5. The minimum atomic E-state index is 0.0748. The third-order valence-corrected chi connectivity index (χ3v) is 6.12. The van der Waals surface area contributed by atoms with Crippen LogP contribution in [0.3, 0.4) is 0 Å². The van der Waals surface area contributed by atoms with Crippen LogP contribution in [0, 0.1) is 0 Å². The zero-order chi connectivity index (χ0) is 24.0. The monoisotopic (exact) mass is 462 g/mol. The first-order chi connectivity index (χ1) is 16.6. The molecule has 1 aliphatic rings. The molecule has 1 aliphatic heterocycles. The van der Waals surface area contributed by atoms with E-state index in [0.29, 0.717) is 37.9 Å². The molecular weight excluding hydrogens is 424 g/mol. The summed E-state index contributed by atoms with van der Waals surface area (Å²) >= 11 is 0. The molecule has 0 aliphatic carbocycles. The molecule has 1 N–H and O–H groups in total. The number of carbonyl (C=O) groups is 2. The molecule has 2 aromatic carbocycles. The lowest BCUT2D eigenvalue weighted by molar-refractivity contribution is -0.122. The Kier molecular flexibility index (Phi) is 10.9. The summed E-state index contributed by atoms with van der Waals surface area (Å²) in [4.78, 5) is 27.5. The van der Waals surface area contributed by atoms with Gasteiger partial charge in [-0.2, -0.15) is 0 Å². The summed E-state index contributed by atoms with van der Waals surface area (Å²) in [5.41, 5.74) is 1.87. The fraction of sp³-hybridized carbons (Fsp3) is 0.448.